The molecule has 0 atom stereocenters. The third kappa shape index (κ3) is 5.60. The van der Waals surface area contributed by atoms with Crippen LogP contribution in [0.4, 0.5) is 10.1 Å². The van der Waals surface area contributed by atoms with E-state index in [1.165, 1.54) is 18.2 Å². The van der Waals surface area contributed by atoms with Crippen molar-refractivity contribution < 1.29 is 28.2 Å². The van der Waals surface area contributed by atoms with Gasteiger partial charge in [0.15, 0.2) is 13.2 Å². The van der Waals surface area contributed by atoms with Crippen molar-refractivity contribution in [3.8, 4) is 11.5 Å². The minimum Gasteiger partial charge on any atom is -0.497 e. The highest BCUT2D eigenvalue weighted by atomic mass is 19.1. The molecule has 7 heteroatoms. The van der Waals surface area contributed by atoms with Gasteiger partial charge in [0.2, 0.25) is 0 Å². The van der Waals surface area contributed by atoms with Crippen LogP contribution < -0.4 is 14.8 Å². The van der Waals surface area contributed by atoms with E-state index < -0.39 is 24.3 Å². The van der Waals surface area contributed by atoms with Gasteiger partial charge in [-0.05, 0) is 42.5 Å². The third-order valence-electron chi connectivity index (χ3n) is 2.89. The Morgan fingerprint density at radius 1 is 1.04 bits per heavy atom. The fourth-order valence-corrected chi connectivity index (χ4v) is 1.77. The first-order chi connectivity index (χ1) is 11.6. The number of carbonyl (C=O) groups excluding carboxylic acids is 2. The summed E-state index contributed by atoms with van der Waals surface area (Å²) in [6, 6.07) is 12.1. The van der Waals surface area contributed by atoms with Gasteiger partial charge in [0.1, 0.15) is 17.3 Å². The molecule has 0 aliphatic heterocycles. The fraction of sp³-hybridized carbons (Fsp3) is 0.176. The van der Waals surface area contributed by atoms with Gasteiger partial charge in [0.05, 0.1) is 7.11 Å². The average molecular weight is 333 g/mol. The lowest BCUT2D eigenvalue weighted by atomic mass is 10.3. The van der Waals surface area contributed by atoms with E-state index in [9.17, 15) is 14.0 Å². The highest BCUT2D eigenvalue weighted by molar-refractivity contribution is 5.92. The van der Waals surface area contributed by atoms with Crippen molar-refractivity contribution in [1.82, 2.24) is 0 Å². The van der Waals surface area contributed by atoms with E-state index in [2.05, 4.69) is 5.32 Å². The van der Waals surface area contributed by atoms with Crippen LogP contribution in [0, 0.1) is 5.82 Å². The maximum Gasteiger partial charge on any atom is 0.344 e. The lowest BCUT2D eigenvalue weighted by Gasteiger charge is -2.08. The topological polar surface area (TPSA) is 73.9 Å². The van der Waals surface area contributed by atoms with E-state index in [1.54, 1.807) is 31.4 Å². The summed E-state index contributed by atoms with van der Waals surface area (Å²) in [5.74, 6) is -0.604. The molecule has 0 spiro atoms. The van der Waals surface area contributed by atoms with E-state index in [4.69, 9.17) is 14.2 Å². The zero-order chi connectivity index (χ0) is 17.4. The minimum absolute atomic E-state index is 0.283. The van der Waals surface area contributed by atoms with Crippen molar-refractivity contribution in [3.63, 3.8) is 0 Å². The molecule has 0 heterocycles. The number of hydrogen-bond acceptors (Lipinski definition) is 5. The molecule has 126 valence electrons. The van der Waals surface area contributed by atoms with Crippen LogP contribution in [0.5, 0.6) is 11.5 Å². The second kappa shape index (κ2) is 8.52. The molecular formula is C17H16FNO5. The molecule has 6 nitrogen and oxygen atoms in total. The number of esters is 1. The summed E-state index contributed by atoms with van der Waals surface area (Å²) in [4.78, 5) is 23.1. The van der Waals surface area contributed by atoms with Crippen molar-refractivity contribution in [2.75, 3.05) is 25.6 Å². The van der Waals surface area contributed by atoms with E-state index in [-0.39, 0.29) is 12.3 Å². The predicted octanol–water partition coefficient (Wildman–Crippen LogP) is 2.40. The summed E-state index contributed by atoms with van der Waals surface area (Å²) in [5, 5.41) is 2.41. The first kappa shape index (κ1) is 17.3. The van der Waals surface area contributed by atoms with Crippen molar-refractivity contribution in [2.45, 2.75) is 0 Å². The molecule has 0 aromatic heterocycles. The van der Waals surface area contributed by atoms with Gasteiger partial charge in [-0.25, -0.2) is 9.18 Å². The maximum absolute atomic E-state index is 13.0. The molecule has 1 N–H and O–H groups in total. The summed E-state index contributed by atoms with van der Waals surface area (Å²) in [5.41, 5.74) is 0.283. The largest absolute Gasteiger partial charge is 0.497 e. The molecule has 2 aromatic carbocycles. The molecule has 0 radical (unpaired) electrons. The zero-order valence-corrected chi connectivity index (χ0v) is 13.0. The van der Waals surface area contributed by atoms with Gasteiger partial charge < -0.3 is 19.5 Å². The van der Waals surface area contributed by atoms with Crippen LogP contribution in [0.3, 0.4) is 0 Å². The number of hydrogen-bond donors (Lipinski definition) is 1. The van der Waals surface area contributed by atoms with Gasteiger partial charge in [-0.15, -0.1) is 0 Å². The third-order valence-corrected chi connectivity index (χ3v) is 2.89. The van der Waals surface area contributed by atoms with Crippen LogP contribution in [-0.4, -0.2) is 32.2 Å². The van der Waals surface area contributed by atoms with Crippen LogP contribution in [0.15, 0.2) is 48.5 Å². The number of nitrogens with one attached hydrogen (secondary N) is 1. The Morgan fingerprint density at radius 3 is 2.42 bits per heavy atom. The maximum atomic E-state index is 13.0. The average Bonchev–Trinajstić information content (AvgIpc) is 2.58. The Kier molecular flexibility index (Phi) is 6.13. The van der Waals surface area contributed by atoms with E-state index in [0.717, 1.165) is 6.07 Å². The molecule has 2 aromatic rings. The monoisotopic (exact) mass is 333 g/mol. The Bertz CT molecular complexity index is 702. The SMILES string of the molecule is COc1ccc(OCC(=O)OCC(=O)Nc2cccc(F)c2)cc1. The number of methoxy groups -OCH3 is 1. The smallest absolute Gasteiger partial charge is 0.344 e. The fourth-order valence-electron chi connectivity index (χ4n) is 1.77. The zero-order valence-electron chi connectivity index (χ0n) is 13.0. The van der Waals surface area contributed by atoms with Crippen molar-refractivity contribution >= 4 is 17.6 Å². The lowest BCUT2D eigenvalue weighted by molar-refractivity contribution is -0.149. The molecular weight excluding hydrogens is 317 g/mol. The number of amides is 1. The lowest BCUT2D eigenvalue weighted by Crippen LogP contribution is -2.23. The number of rotatable bonds is 7. The summed E-state index contributed by atoms with van der Waals surface area (Å²) in [6.45, 7) is -0.819. The molecule has 2 rings (SSSR count). The van der Waals surface area contributed by atoms with Crippen LogP contribution in [0.25, 0.3) is 0 Å². The first-order valence-corrected chi connectivity index (χ1v) is 7.05. The number of carbonyl (C=O) groups is 2. The Hall–Kier alpha value is -3.09. The van der Waals surface area contributed by atoms with Crippen molar-refractivity contribution in [3.05, 3.63) is 54.3 Å². The quantitative estimate of drug-likeness (QED) is 0.788. The summed E-state index contributed by atoms with van der Waals surface area (Å²) < 4.78 is 28.0. The summed E-state index contributed by atoms with van der Waals surface area (Å²) in [6.07, 6.45) is 0. The molecule has 0 saturated carbocycles. The Balaban J connectivity index is 1.71. The second-order valence-corrected chi connectivity index (χ2v) is 4.68. The van der Waals surface area contributed by atoms with E-state index >= 15 is 0 Å². The highest BCUT2D eigenvalue weighted by Gasteiger charge is 2.09. The van der Waals surface area contributed by atoms with Crippen LogP contribution >= 0.6 is 0 Å². The minimum atomic E-state index is -0.694. The number of anilines is 1. The summed E-state index contributed by atoms with van der Waals surface area (Å²) >= 11 is 0. The van der Waals surface area contributed by atoms with E-state index in [0.29, 0.717) is 11.5 Å². The molecule has 0 aliphatic rings. The number of ether oxygens (including phenoxy) is 3. The summed E-state index contributed by atoms with van der Waals surface area (Å²) in [7, 11) is 1.54. The van der Waals surface area contributed by atoms with E-state index in [1.807, 2.05) is 0 Å². The first-order valence-electron chi connectivity index (χ1n) is 7.05. The van der Waals surface area contributed by atoms with Gasteiger partial charge in [0.25, 0.3) is 5.91 Å². The van der Waals surface area contributed by atoms with Gasteiger partial charge >= 0.3 is 5.97 Å². The van der Waals surface area contributed by atoms with Crippen molar-refractivity contribution in [2.24, 2.45) is 0 Å². The molecule has 0 saturated heterocycles. The highest BCUT2D eigenvalue weighted by Crippen LogP contribution is 2.16. The van der Waals surface area contributed by atoms with Crippen molar-refractivity contribution in [1.29, 1.82) is 0 Å². The number of halogens is 1. The van der Waals surface area contributed by atoms with Crippen LogP contribution in [0.2, 0.25) is 0 Å². The van der Waals surface area contributed by atoms with Gasteiger partial charge in [-0.1, -0.05) is 6.07 Å². The molecule has 0 bridgehead atoms. The molecule has 0 unspecified atom stereocenters. The predicted molar refractivity (Wildman–Crippen MR) is 84.5 cm³/mol. The molecule has 24 heavy (non-hydrogen) atoms. The Labute approximate surface area is 138 Å². The number of benzene rings is 2. The molecule has 1 amide bonds. The standard InChI is InChI=1S/C17H16FNO5/c1-22-14-5-7-15(8-6-14)23-11-17(21)24-10-16(20)19-13-4-2-3-12(18)9-13/h2-9H,10-11H2,1H3,(H,19,20). The normalized spacial score (nSPS) is 9.92. The molecule has 0 fully saturated rings. The van der Waals surface area contributed by atoms with Gasteiger partial charge in [0, 0.05) is 5.69 Å². The van der Waals surface area contributed by atoms with Gasteiger partial charge in [-0.2, -0.15) is 0 Å². The Morgan fingerprint density at radius 2 is 1.75 bits per heavy atom. The van der Waals surface area contributed by atoms with Gasteiger partial charge in [-0.3, -0.25) is 4.79 Å². The second-order valence-electron chi connectivity index (χ2n) is 4.68. The van der Waals surface area contributed by atoms with Crippen LogP contribution in [0.1, 0.15) is 0 Å². The molecule has 0 aliphatic carbocycles. The van der Waals surface area contributed by atoms with Crippen LogP contribution in [-0.2, 0) is 14.3 Å².